The molecule has 2 aliphatic heterocycles. The molecule has 0 saturated carbocycles. The van der Waals surface area contributed by atoms with Crippen LogP contribution in [0.3, 0.4) is 0 Å². The molecule has 0 bridgehead atoms. The number of rotatable bonds is 24. The molecule has 2 saturated heterocycles. The minimum Gasteiger partial charge on any atom is -0.457 e. The van der Waals surface area contributed by atoms with E-state index < -0.39 is 73.7 Å². The number of amides is 3. The molecule has 96 heavy (non-hydrogen) atoms. The molecular weight excluding hydrogens is 1240 g/mol. The van der Waals surface area contributed by atoms with Crippen LogP contribution in [0.5, 0.6) is 0 Å². The minimum atomic E-state index is -3.20. The number of aromatic nitrogens is 1. The first kappa shape index (κ1) is 68.3. The standard InChI is InChI=1S/C42H38N3O6P.C36H35N2O5P/c1-3-27-51-42(50)41(52(33-13-7-4-8-14-33,34-15-9-5-10-16-34)35-17-11-6-12-18-35)45-36(38(29(2)46)40(45)49)28-37(47)30-19-21-32(22-20-30)44-39(48)31-23-25-43-26-24-31;1-3-23-43-36(42)35(38-31(33(25(2)39)34(38)41)24-32(40)26-19-21-27(37)22-20-26)44(28-13-7-4-8-14-28,29-15-9-5-10-16-29)30-17-11-6-12-18-30/h3-26,29,36,38,46H,1,27-28H2,2H3,(H,44,48);3-22,25,31,33,39H,1,23-24,37H2,2H3/t29-,36-,38-;25-,31-,33-/m11/s1. The normalized spacial score (nSPS) is 16.3. The number of aliphatic hydroxyl groups is 2. The molecule has 18 heteroatoms. The molecule has 2 fully saturated rings. The van der Waals surface area contributed by atoms with Gasteiger partial charge in [0, 0.05) is 67.1 Å². The van der Waals surface area contributed by atoms with Crippen LogP contribution in [0.1, 0.15) is 57.8 Å². The highest BCUT2D eigenvalue weighted by Crippen LogP contribution is 2.52. The Bertz CT molecular complexity index is 4180. The van der Waals surface area contributed by atoms with Crippen LogP contribution >= 0.6 is 13.8 Å². The third-order valence-electron chi connectivity index (χ3n) is 17.0. The molecule has 486 valence electrons. The summed E-state index contributed by atoms with van der Waals surface area (Å²) in [7, 11) is 0. The topological polar surface area (TPSA) is 236 Å². The van der Waals surface area contributed by atoms with Gasteiger partial charge in [-0.1, -0.05) is 207 Å². The Morgan fingerprint density at radius 3 is 1.07 bits per heavy atom. The van der Waals surface area contributed by atoms with Crippen molar-refractivity contribution in [2.45, 2.75) is 51.0 Å². The lowest BCUT2D eigenvalue weighted by molar-refractivity contribution is -0.157. The zero-order valence-corrected chi connectivity index (χ0v) is 54.8. The van der Waals surface area contributed by atoms with Crippen LogP contribution in [0.4, 0.5) is 11.4 Å². The maximum absolute atomic E-state index is 14.6. The Morgan fingerprint density at radius 2 is 0.781 bits per heavy atom. The van der Waals surface area contributed by atoms with Crippen molar-refractivity contribution in [2.24, 2.45) is 11.8 Å². The number of Topliss-reactive ketones (excluding diaryl/α,β-unsaturated/α-hetero) is 2. The average Bonchev–Trinajstić information content (AvgIpc) is 0.711. The summed E-state index contributed by atoms with van der Waals surface area (Å²) in [6.07, 6.45) is 3.55. The van der Waals surface area contributed by atoms with Gasteiger partial charge in [-0.05, 0) is 106 Å². The largest absolute Gasteiger partial charge is 0.457 e. The predicted octanol–water partition coefficient (Wildman–Crippen LogP) is 8.87. The highest BCUT2D eigenvalue weighted by molar-refractivity contribution is 7.97. The molecule has 0 radical (unpaired) electrons. The van der Waals surface area contributed by atoms with E-state index in [0.29, 0.717) is 28.1 Å². The van der Waals surface area contributed by atoms with Crippen molar-refractivity contribution in [3.63, 3.8) is 0 Å². The molecule has 11 rings (SSSR count). The number of esters is 2. The van der Waals surface area contributed by atoms with E-state index in [0.717, 1.165) is 31.8 Å². The van der Waals surface area contributed by atoms with Crippen molar-refractivity contribution in [1.82, 2.24) is 14.8 Å². The van der Waals surface area contributed by atoms with Crippen molar-refractivity contribution in [3.8, 4) is 0 Å². The minimum absolute atomic E-state index is 0.0718. The molecule has 8 aromatic carbocycles. The fraction of sp³-hybridized carbons (Fsp3) is 0.154. The van der Waals surface area contributed by atoms with Crippen LogP contribution in [-0.4, -0.2) is 115 Å². The van der Waals surface area contributed by atoms with Crippen molar-refractivity contribution in [2.75, 3.05) is 24.3 Å². The van der Waals surface area contributed by atoms with E-state index in [1.54, 1.807) is 60.7 Å². The van der Waals surface area contributed by atoms with Gasteiger partial charge in [0.1, 0.15) is 24.0 Å². The smallest absolute Gasteiger partial charge is 0.356 e. The summed E-state index contributed by atoms with van der Waals surface area (Å²) in [5.41, 5.74) is 8.33. The second-order valence-electron chi connectivity index (χ2n) is 23.0. The number of nitrogens with one attached hydrogen (secondary N) is 1. The Hall–Kier alpha value is -10.6. The molecule has 0 aliphatic carbocycles. The van der Waals surface area contributed by atoms with Gasteiger partial charge in [0.15, 0.2) is 11.6 Å². The SMILES string of the molecule is C=CCOC(=O)C(N1C(=O)[C@H]([C@@H](C)O)[C@H]1CC(=O)c1ccc(N)cc1)=P(c1ccccc1)(c1ccccc1)c1ccccc1.C=CCOC(=O)C(N1C(=O)[C@H]([C@@H](C)O)[C@H]1CC(=O)c1ccc(NC(=O)c2ccncc2)cc1)=P(c1ccccc1)(c1ccccc1)c1ccccc1. The van der Waals surface area contributed by atoms with E-state index in [2.05, 4.69) is 23.5 Å². The van der Waals surface area contributed by atoms with Gasteiger partial charge in [0.05, 0.1) is 36.1 Å². The van der Waals surface area contributed by atoms with Crippen LogP contribution in [-0.2, 0) is 28.7 Å². The van der Waals surface area contributed by atoms with Crippen LogP contribution < -0.4 is 42.9 Å². The molecule has 1 aromatic heterocycles. The number of nitrogens with zero attached hydrogens (tertiary/aromatic N) is 3. The van der Waals surface area contributed by atoms with Crippen molar-refractivity contribution >= 4 is 109 Å². The summed E-state index contributed by atoms with van der Waals surface area (Å²) in [5, 5.41) is 29.4. The van der Waals surface area contributed by atoms with E-state index in [-0.39, 0.29) is 54.4 Å². The fourth-order valence-corrected chi connectivity index (χ4v) is 21.4. The Kier molecular flexibility index (Phi) is 22.1. The summed E-state index contributed by atoms with van der Waals surface area (Å²) in [5.74, 6) is -5.01. The fourth-order valence-electron chi connectivity index (χ4n) is 12.6. The lowest BCUT2D eigenvalue weighted by Gasteiger charge is -2.50. The zero-order valence-electron chi connectivity index (χ0n) is 53.0. The summed E-state index contributed by atoms with van der Waals surface area (Å²) in [4.78, 5) is 105. The summed E-state index contributed by atoms with van der Waals surface area (Å²) >= 11 is 0. The number of β-lactam (4-membered cyclic amide) rings is 2. The van der Waals surface area contributed by atoms with Crippen molar-refractivity contribution < 1.29 is 53.2 Å². The number of ketones is 2. The zero-order chi connectivity index (χ0) is 67.9. The molecule has 0 spiro atoms. The number of ether oxygens (including phenoxy) is 2. The number of anilines is 2. The van der Waals surface area contributed by atoms with Gasteiger partial charge in [-0.25, -0.2) is 9.59 Å². The van der Waals surface area contributed by atoms with Gasteiger partial charge in [0.25, 0.3) is 5.91 Å². The number of pyridine rings is 1. The predicted molar refractivity (Wildman–Crippen MR) is 382 cm³/mol. The van der Waals surface area contributed by atoms with Crippen molar-refractivity contribution in [3.05, 3.63) is 297 Å². The molecule has 0 unspecified atom stereocenters. The highest BCUT2D eigenvalue weighted by atomic mass is 31.2. The van der Waals surface area contributed by atoms with E-state index in [1.165, 1.54) is 48.2 Å². The number of hydrogen-bond donors (Lipinski definition) is 4. The molecule has 3 amide bonds. The van der Waals surface area contributed by atoms with Crippen LogP contribution in [0.25, 0.3) is 0 Å². The molecule has 3 heterocycles. The lowest BCUT2D eigenvalue weighted by Crippen LogP contribution is -2.68. The summed E-state index contributed by atoms with van der Waals surface area (Å²) in [6, 6.07) is 72.1. The third kappa shape index (κ3) is 14.0. The van der Waals surface area contributed by atoms with E-state index in [1.807, 2.05) is 182 Å². The van der Waals surface area contributed by atoms with Gasteiger partial charge < -0.3 is 40.5 Å². The molecule has 9 aromatic rings. The quantitative estimate of drug-likeness (QED) is 0.0111. The second-order valence-corrected chi connectivity index (χ2v) is 29.6. The summed E-state index contributed by atoms with van der Waals surface area (Å²) < 4.78 is 11.5. The van der Waals surface area contributed by atoms with Gasteiger partial charge >= 0.3 is 11.9 Å². The van der Waals surface area contributed by atoms with Crippen LogP contribution in [0.15, 0.2) is 280 Å². The van der Waals surface area contributed by atoms with Gasteiger partial charge in [-0.15, -0.1) is 0 Å². The van der Waals surface area contributed by atoms with Crippen LogP contribution in [0.2, 0.25) is 0 Å². The van der Waals surface area contributed by atoms with Gasteiger partial charge in [-0.2, -0.15) is 0 Å². The number of hydrogen-bond acceptors (Lipinski definition) is 13. The maximum atomic E-state index is 14.6. The number of likely N-dealkylation sites (tertiary alicyclic amines) is 2. The number of benzene rings is 8. The average molecular weight is 1320 g/mol. The molecule has 16 nitrogen and oxygen atoms in total. The molecule has 6 atom stereocenters. The first-order valence-electron chi connectivity index (χ1n) is 31.3. The van der Waals surface area contributed by atoms with Crippen molar-refractivity contribution in [1.29, 1.82) is 0 Å². The van der Waals surface area contributed by atoms with Crippen LogP contribution in [0, 0.1) is 11.8 Å². The Balaban J connectivity index is 0.000000212. The number of aliphatic hydroxyl groups excluding tert-OH is 2. The molecular formula is C78H73N5O11P2. The number of carbonyl (C=O) groups excluding carboxylic acids is 7. The number of nitrogen functional groups attached to an aromatic ring is 1. The number of nitrogens with two attached hydrogens (primary N) is 1. The first-order chi connectivity index (χ1) is 46.6. The number of carbonyl (C=O) groups is 7. The first-order valence-corrected chi connectivity index (χ1v) is 34.8. The van der Waals surface area contributed by atoms with Gasteiger partial charge in [0.2, 0.25) is 11.8 Å². The third-order valence-corrected chi connectivity index (χ3v) is 25.5. The lowest BCUT2D eigenvalue weighted by atomic mass is 9.79. The maximum Gasteiger partial charge on any atom is 0.356 e. The van der Waals surface area contributed by atoms with Gasteiger partial charge in [-0.3, -0.25) is 29.0 Å². The Morgan fingerprint density at radius 1 is 0.479 bits per heavy atom. The van der Waals surface area contributed by atoms with E-state index >= 15 is 0 Å². The monoisotopic (exact) mass is 1320 g/mol. The molecule has 5 N–H and O–H groups in total. The van der Waals surface area contributed by atoms with E-state index in [4.69, 9.17) is 15.2 Å². The highest BCUT2D eigenvalue weighted by Gasteiger charge is 2.57. The van der Waals surface area contributed by atoms with E-state index in [9.17, 15) is 43.8 Å². The molecule has 2 aliphatic rings. The second kappa shape index (κ2) is 31.1. The summed E-state index contributed by atoms with van der Waals surface area (Å²) in [6.45, 7) is 3.97. The Labute approximate surface area is 558 Å².